The number of carbonyl (C=O) groups excluding carboxylic acids is 2. The molecule has 7 nitrogen and oxygen atoms in total. The van der Waals surface area contributed by atoms with E-state index in [1.165, 1.54) is 4.90 Å². The number of carbonyl (C=O) groups is 2. The number of piperidine rings is 1. The van der Waals surface area contributed by atoms with Gasteiger partial charge >= 0.3 is 0 Å². The van der Waals surface area contributed by atoms with Crippen molar-refractivity contribution in [1.29, 1.82) is 0 Å². The maximum Gasteiger partial charge on any atom is 0.229 e. The van der Waals surface area contributed by atoms with Crippen LogP contribution in [0.3, 0.4) is 0 Å². The molecule has 0 unspecified atom stereocenters. The largest absolute Gasteiger partial charge is 0.491 e. The number of hydrogen-bond acceptors (Lipinski definition) is 4. The third-order valence-electron chi connectivity index (χ3n) is 4.35. The van der Waals surface area contributed by atoms with E-state index in [0.717, 1.165) is 11.3 Å². The maximum atomic E-state index is 11.8. The second kappa shape index (κ2) is 9.79. The number of ether oxygens (including phenoxy) is 1. The van der Waals surface area contributed by atoms with Crippen molar-refractivity contribution in [2.24, 2.45) is 4.99 Å². The summed E-state index contributed by atoms with van der Waals surface area (Å²) in [6, 6.07) is 7.91. The Bertz CT molecular complexity index is 644. The van der Waals surface area contributed by atoms with Crippen molar-refractivity contribution >= 4 is 17.8 Å². The molecule has 0 saturated carbocycles. The second-order valence-corrected chi connectivity index (χ2v) is 6.30. The average Bonchev–Trinajstić information content (AvgIpc) is 2.62. The lowest BCUT2D eigenvalue weighted by Crippen LogP contribution is -2.47. The number of amides is 2. The molecule has 0 aromatic heterocycles. The van der Waals surface area contributed by atoms with Crippen molar-refractivity contribution in [3.05, 3.63) is 29.8 Å². The number of likely N-dealkylation sites (tertiary alicyclic amines) is 1. The standard InChI is InChI=1S/C19H28N4O3/c1-15-7-4-5-8-16(15)26-14-13-22(3)19(20-2)21-11-12-23-17(24)9-6-10-18(23)25/h4-5,7-8H,6,9-14H2,1-3H3,(H,20,21). The van der Waals surface area contributed by atoms with E-state index in [1.807, 2.05) is 43.1 Å². The SMILES string of the molecule is CN=C(NCCN1C(=O)CCCC1=O)N(C)CCOc1ccccc1C. The zero-order chi connectivity index (χ0) is 18.9. The van der Waals surface area contributed by atoms with Gasteiger partial charge in [-0.05, 0) is 25.0 Å². The molecule has 2 amide bonds. The Morgan fingerprint density at radius 2 is 1.96 bits per heavy atom. The van der Waals surface area contributed by atoms with Crippen LogP contribution in [-0.4, -0.2) is 67.9 Å². The zero-order valence-electron chi connectivity index (χ0n) is 15.8. The number of imide groups is 1. The lowest BCUT2D eigenvalue weighted by molar-refractivity contribution is -0.147. The van der Waals surface area contributed by atoms with Crippen LogP contribution in [0.5, 0.6) is 5.75 Å². The normalized spacial score (nSPS) is 15.2. The third-order valence-corrected chi connectivity index (χ3v) is 4.35. The first-order valence-corrected chi connectivity index (χ1v) is 8.96. The van der Waals surface area contributed by atoms with Gasteiger partial charge in [0.2, 0.25) is 11.8 Å². The Morgan fingerprint density at radius 1 is 1.27 bits per heavy atom. The van der Waals surface area contributed by atoms with Crippen molar-refractivity contribution in [2.75, 3.05) is 40.3 Å². The Kier molecular flexibility index (Phi) is 7.44. The molecular formula is C19H28N4O3. The van der Waals surface area contributed by atoms with Gasteiger partial charge in [0.25, 0.3) is 0 Å². The van der Waals surface area contributed by atoms with Crippen molar-refractivity contribution < 1.29 is 14.3 Å². The summed E-state index contributed by atoms with van der Waals surface area (Å²) in [4.78, 5) is 31.1. The van der Waals surface area contributed by atoms with E-state index in [-0.39, 0.29) is 11.8 Å². The van der Waals surface area contributed by atoms with Gasteiger partial charge in [0.05, 0.1) is 6.54 Å². The lowest BCUT2D eigenvalue weighted by Gasteiger charge is -2.26. The van der Waals surface area contributed by atoms with Crippen molar-refractivity contribution in [3.8, 4) is 5.75 Å². The van der Waals surface area contributed by atoms with Gasteiger partial charge in [-0.3, -0.25) is 19.5 Å². The van der Waals surface area contributed by atoms with Crippen LogP contribution in [0, 0.1) is 6.92 Å². The molecule has 1 aliphatic rings. The number of rotatable bonds is 7. The minimum atomic E-state index is -0.0852. The van der Waals surface area contributed by atoms with E-state index in [2.05, 4.69) is 10.3 Å². The molecule has 2 rings (SSSR count). The lowest BCUT2D eigenvalue weighted by atomic mass is 10.1. The number of nitrogens with zero attached hydrogens (tertiary/aromatic N) is 3. The molecule has 1 heterocycles. The molecule has 1 aliphatic heterocycles. The fourth-order valence-electron chi connectivity index (χ4n) is 2.83. The smallest absolute Gasteiger partial charge is 0.229 e. The molecule has 0 atom stereocenters. The van der Waals surface area contributed by atoms with Gasteiger partial charge < -0.3 is 15.0 Å². The Balaban J connectivity index is 1.74. The van der Waals surface area contributed by atoms with Crippen LogP contribution < -0.4 is 10.1 Å². The van der Waals surface area contributed by atoms with Gasteiger partial charge in [0.1, 0.15) is 12.4 Å². The van der Waals surface area contributed by atoms with Crippen LogP contribution in [0.2, 0.25) is 0 Å². The minimum Gasteiger partial charge on any atom is -0.491 e. The first-order chi connectivity index (χ1) is 12.5. The van der Waals surface area contributed by atoms with Crippen LogP contribution in [0.4, 0.5) is 0 Å². The Labute approximate surface area is 155 Å². The van der Waals surface area contributed by atoms with Gasteiger partial charge in [-0.15, -0.1) is 0 Å². The van der Waals surface area contributed by atoms with Crippen molar-refractivity contribution in [3.63, 3.8) is 0 Å². The van der Waals surface area contributed by atoms with E-state index in [9.17, 15) is 9.59 Å². The van der Waals surface area contributed by atoms with Crippen LogP contribution in [0.1, 0.15) is 24.8 Å². The number of benzene rings is 1. The van der Waals surface area contributed by atoms with Crippen molar-refractivity contribution in [2.45, 2.75) is 26.2 Å². The van der Waals surface area contributed by atoms with E-state index in [4.69, 9.17) is 4.74 Å². The number of aliphatic imine (C=N–C) groups is 1. The second-order valence-electron chi connectivity index (χ2n) is 6.30. The topological polar surface area (TPSA) is 74.2 Å². The predicted octanol–water partition coefficient (Wildman–Crippen LogP) is 1.42. The van der Waals surface area contributed by atoms with Crippen LogP contribution >= 0.6 is 0 Å². The Morgan fingerprint density at radius 3 is 2.62 bits per heavy atom. The quantitative estimate of drug-likeness (QED) is 0.452. The highest BCUT2D eigenvalue weighted by Crippen LogP contribution is 2.15. The van der Waals surface area contributed by atoms with Gasteiger partial charge in [-0.2, -0.15) is 0 Å². The summed E-state index contributed by atoms with van der Waals surface area (Å²) in [5.74, 6) is 1.41. The first kappa shape index (κ1) is 19.8. The fourth-order valence-corrected chi connectivity index (χ4v) is 2.83. The average molecular weight is 360 g/mol. The van der Waals surface area contributed by atoms with Crippen LogP contribution in [0.15, 0.2) is 29.3 Å². The first-order valence-electron chi connectivity index (χ1n) is 8.96. The molecule has 26 heavy (non-hydrogen) atoms. The van der Waals surface area contributed by atoms with Gasteiger partial charge in [0, 0.05) is 40.0 Å². The summed E-state index contributed by atoms with van der Waals surface area (Å²) in [7, 11) is 3.63. The highest BCUT2D eigenvalue weighted by Gasteiger charge is 2.25. The molecule has 1 saturated heterocycles. The number of nitrogens with one attached hydrogen (secondary N) is 1. The van der Waals surface area contributed by atoms with Gasteiger partial charge in [0.15, 0.2) is 5.96 Å². The van der Waals surface area contributed by atoms with Gasteiger partial charge in [-0.1, -0.05) is 18.2 Å². The highest BCUT2D eigenvalue weighted by atomic mass is 16.5. The highest BCUT2D eigenvalue weighted by molar-refractivity contribution is 5.97. The summed E-state index contributed by atoms with van der Waals surface area (Å²) in [5, 5.41) is 3.19. The summed E-state index contributed by atoms with van der Waals surface area (Å²) in [5.41, 5.74) is 1.11. The molecule has 0 aliphatic carbocycles. The molecule has 1 N–H and O–H groups in total. The molecule has 1 aromatic rings. The van der Waals surface area contributed by atoms with Crippen LogP contribution in [-0.2, 0) is 9.59 Å². The summed E-state index contributed by atoms with van der Waals surface area (Å²) in [6.07, 6.45) is 1.57. The molecule has 7 heteroatoms. The summed E-state index contributed by atoms with van der Waals surface area (Å²) < 4.78 is 5.81. The fraction of sp³-hybridized carbons (Fsp3) is 0.526. The molecule has 0 bridgehead atoms. The molecule has 1 fully saturated rings. The molecular weight excluding hydrogens is 332 g/mol. The van der Waals surface area contributed by atoms with Crippen LogP contribution in [0.25, 0.3) is 0 Å². The molecule has 0 radical (unpaired) electrons. The van der Waals surface area contributed by atoms with E-state index in [1.54, 1.807) is 7.05 Å². The van der Waals surface area contributed by atoms with E-state index >= 15 is 0 Å². The molecule has 142 valence electrons. The maximum absolute atomic E-state index is 11.8. The molecule has 1 aromatic carbocycles. The van der Waals surface area contributed by atoms with Crippen molar-refractivity contribution in [1.82, 2.24) is 15.1 Å². The minimum absolute atomic E-state index is 0.0852. The predicted molar refractivity (Wildman–Crippen MR) is 101 cm³/mol. The summed E-state index contributed by atoms with van der Waals surface area (Å²) in [6.45, 7) is 4.06. The monoisotopic (exact) mass is 360 g/mol. The van der Waals surface area contributed by atoms with Gasteiger partial charge in [-0.25, -0.2) is 0 Å². The zero-order valence-corrected chi connectivity index (χ0v) is 15.8. The molecule has 0 spiro atoms. The summed E-state index contributed by atoms with van der Waals surface area (Å²) >= 11 is 0. The number of likely N-dealkylation sites (N-methyl/N-ethyl adjacent to an activating group) is 1. The van der Waals surface area contributed by atoms with E-state index < -0.39 is 0 Å². The van der Waals surface area contributed by atoms with E-state index in [0.29, 0.717) is 51.5 Å². The third kappa shape index (κ3) is 5.47. The number of aryl methyl sites for hydroxylation is 1. The number of para-hydroxylation sites is 1. The Hall–Kier alpha value is -2.57. The number of hydrogen-bond donors (Lipinski definition) is 1. The number of guanidine groups is 1.